The molecule has 0 saturated heterocycles. The zero-order chi connectivity index (χ0) is 14.1. The maximum absolute atomic E-state index is 9.48. The van der Waals surface area contributed by atoms with Gasteiger partial charge in [0.1, 0.15) is 0 Å². The molecule has 0 atom stereocenters. The number of aromatic nitrogens is 1. The van der Waals surface area contributed by atoms with Crippen molar-refractivity contribution in [3.05, 3.63) is 69.8 Å². The van der Waals surface area contributed by atoms with Crippen molar-refractivity contribution >= 4 is 34.1 Å². The minimum Gasteiger partial charge on any atom is -0.392 e. The highest BCUT2D eigenvalue weighted by atomic mass is 35.5. The maximum atomic E-state index is 9.48. The van der Waals surface area contributed by atoms with Crippen LogP contribution >= 0.6 is 23.2 Å². The monoisotopic (exact) mass is 305 g/mol. The number of hydrogen-bond acceptors (Lipinski definition) is 1. The van der Waals surface area contributed by atoms with Gasteiger partial charge in [-0.25, -0.2) is 0 Å². The number of rotatable bonds is 3. The number of hydrogen-bond donors (Lipinski definition) is 1. The largest absolute Gasteiger partial charge is 0.392 e. The van der Waals surface area contributed by atoms with E-state index in [9.17, 15) is 5.11 Å². The fourth-order valence-electron chi connectivity index (χ4n) is 2.45. The zero-order valence-corrected chi connectivity index (χ0v) is 12.2. The van der Waals surface area contributed by atoms with Gasteiger partial charge in [-0.2, -0.15) is 0 Å². The molecule has 0 aliphatic carbocycles. The van der Waals surface area contributed by atoms with Crippen molar-refractivity contribution in [2.75, 3.05) is 0 Å². The number of aliphatic hydroxyl groups is 1. The first kappa shape index (κ1) is 13.5. The summed E-state index contributed by atoms with van der Waals surface area (Å²) in [5.74, 6) is 0. The minimum atomic E-state index is 0.0185. The molecular formula is C16H13Cl2NO. The quantitative estimate of drug-likeness (QED) is 0.758. The number of halogens is 2. The molecule has 1 heterocycles. The first-order valence-corrected chi connectivity index (χ1v) is 7.07. The van der Waals surface area contributed by atoms with Gasteiger partial charge in [0.15, 0.2) is 0 Å². The van der Waals surface area contributed by atoms with Gasteiger partial charge >= 0.3 is 0 Å². The second kappa shape index (κ2) is 5.49. The van der Waals surface area contributed by atoms with Gasteiger partial charge in [0.05, 0.1) is 22.2 Å². The standard InChI is InChI=1S/C16H13Cl2NO/c17-14-6-2-4-12(15(14)18)9-19-8-7-11-3-1-5-13(10-20)16(11)19/h1-8,20H,9-10H2. The SMILES string of the molecule is OCc1cccc2ccn(Cc3cccc(Cl)c3Cl)c12. The summed E-state index contributed by atoms with van der Waals surface area (Å²) in [5.41, 5.74) is 2.90. The van der Waals surface area contributed by atoms with Crippen LogP contribution in [0.25, 0.3) is 10.9 Å². The Morgan fingerprint density at radius 3 is 2.50 bits per heavy atom. The van der Waals surface area contributed by atoms with Crippen LogP contribution in [0.4, 0.5) is 0 Å². The fraction of sp³-hybridized carbons (Fsp3) is 0.125. The van der Waals surface area contributed by atoms with E-state index < -0.39 is 0 Å². The third-order valence-corrected chi connectivity index (χ3v) is 4.27. The van der Waals surface area contributed by atoms with Crippen molar-refractivity contribution in [2.24, 2.45) is 0 Å². The van der Waals surface area contributed by atoms with E-state index in [0.717, 1.165) is 22.0 Å². The van der Waals surface area contributed by atoms with E-state index in [2.05, 4.69) is 4.57 Å². The van der Waals surface area contributed by atoms with Gasteiger partial charge in [-0.1, -0.05) is 53.5 Å². The predicted octanol–water partition coefficient (Wildman–Crippen LogP) is 4.49. The van der Waals surface area contributed by atoms with Crippen molar-refractivity contribution in [1.82, 2.24) is 4.57 Å². The molecule has 1 N–H and O–H groups in total. The lowest BCUT2D eigenvalue weighted by molar-refractivity contribution is 0.283. The number of benzene rings is 2. The lowest BCUT2D eigenvalue weighted by Gasteiger charge is -2.10. The highest BCUT2D eigenvalue weighted by molar-refractivity contribution is 6.42. The molecule has 0 unspecified atom stereocenters. The molecule has 102 valence electrons. The number of fused-ring (bicyclic) bond motifs is 1. The molecule has 0 saturated carbocycles. The van der Waals surface area contributed by atoms with Crippen molar-refractivity contribution in [2.45, 2.75) is 13.2 Å². The average Bonchev–Trinajstić information content (AvgIpc) is 2.87. The molecule has 0 radical (unpaired) electrons. The molecule has 1 aromatic heterocycles. The predicted molar refractivity (Wildman–Crippen MR) is 83.4 cm³/mol. The van der Waals surface area contributed by atoms with Crippen LogP contribution in [0.5, 0.6) is 0 Å². The Morgan fingerprint density at radius 1 is 0.950 bits per heavy atom. The summed E-state index contributed by atoms with van der Waals surface area (Å²) < 4.78 is 2.08. The molecule has 0 fully saturated rings. The molecule has 2 aromatic carbocycles. The zero-order valence-electron chi connectivity index (χ0n) is 10.7. The molecule has 20 heavy (non-hydrogen) atoms. The summed E-state index contributed by atoms with van der Waals surface area (Å²) in [6.07, 6.45) is 2.00. The molecule has 4 heteroatoms. The van der Waals surface area contributed by atoms with Gasteiger partial charge in [-0.3, -0.25) is 0 Å². The Morgan fingerprint density at radius 2 is 1.70 bits per heavy atom. The van der Waals surface area contributed by atoms with Gasteiger partial charge in [-0.05, 0) is 23.1 Å². The smallest absolute Gasteiger partial charge is 0.0702 e. The van der Waals surface area contributed by atoms with Crippen molar-refractivity contribution in [1.29, 1.82) is 0 Å². The summed E-state index contributed by atoms with van der Waals surface area (Å²) in [6.45, 7) is 0.643. The molecule has 3 aromatic rings. The van der Waals surface area contributed by atoms with Crippen molar-refractivity contribution in [3.8, 4) is 0 Å². The Bertz CT molecular complexity index is 764. The van der Waals surface area contributed by atoms with Gasteiger partial charge in [0, 0.05) is 18.3 Å². The Balaban J connectivity index is 2.09. The maximum Gasteiger partial charge on any atom is 0.0702 e. The first-order chi connectivity index (χ1) is 9.70. The Hall–Kier alpha value is -1.48. The lowest BCUT2D eigenvalue weighted by Crippen LogP contribution is -2.01. The second-order valence-corrected chi connectivity index (χ2v) is 5.45. The molecule has 0 aliphatic heterocycles. The van der Waals surface area contributed by atoms with Gasteiger partial charge in [0.2, 0.25) is 0 Å². The third-order valence-electron chi connectivity index (χ3n) is 3.41. The van der Waals surface area contributed by atoms with Crippen LogP contribution in [0.1, 0.15) is 11.1 Å². The highest BCUT2D eigenvalue weighted by Gasteiger charge is 2.09. The van der Waals surface area contributed by atoms with E-state index in [1.165, 1.54) is 0 Å². The summed E-state index contributed by atoms with van der Waals surface area (Å²) in [5, 5.41) is 11.7. The van der Waals surface area contributed by atoms with Crippen LogP contribution in [0.2, 0.25) is 10.0 Å². The summed E-state index contributed by atoms with van der Waals surface area (Å²) in [6, 6.07) is 13.6. The van der Waals surface area contributed by atoms with Crippen molar-refractivity contribution < 1.29 is 5.11 Å². The third kappa shape index (κ3) is 2.31. The molecule has 0 spiro atoms. The molecule has 0 bridgehead atoms. The number of nitrogens with zero attached hydrogens (tertiary/aromatic N) is 1. The van der Waals surface area contributed by atoms with Crippen molar-refractivity contribution in [3.63, 3.8) is 0 Å². The Kier molecular flexibility index (Phi) is 3.70. The van der Waals surface area contributed by atoms with Crippen LogP contribution in [0.15, 0.2) is 48.7 Å². The second-order valence-electron chi connectivity index (χ2n) is 4.67. The van der Waals surface area contributed by atoms with Crippen LogP contribution in [-0.2, 0) is 13.2 Å². The van der Waals surface area contributed by atoms with Gasteiger partial charge in [0.25, 0.3) is 0 Å². The van der Waals surface area contributed by atoms with Crippen LogP contribution in [0, 0.1) is 0 Å². The van der Waals surface area contributed by atoms with E-state index in [-0.39, 0.29) is 6.61 Å². The summed E-state index contributed by atoms with van der Waals surface area (Å²) in [7, 11) is 0. The fourth-order valence-corrected chi connectivity index (χ4v) is 2.83. The van der Waals surface area contributed by atoms with Gasteiger partial charge < -0.3 is 9.67 Å². The number of aliphatic hydroxyl groups excluding tert-OH is 1. The average molecular weight is 306 g/mol. The van der Waals surface area contributed by atoms with E-state index in [0.29, 0.717) is 16.6 Å². The molecule has 2 nitrogen and oxygen atoms in total. The number of para-hydroxylation sites is 1. The summed E-state index contributed by atoms with van der Waals surface area (Å²) in [4.78, 5) is 0. The molecule has 3 rings (SSSR count). The van der Waals surface area contributed by atoms with Gasteiger partial charge in [-0.15, -0.1) is 0 Å². The first-order valence-electron chi connectivity index (χ1n) is 6.31. The normalized spacial score (nSPS) is 11.2. The van der Waals surface area contributed by atoms with E-state index in [1.807, 2.05) is 42.6 Å². The van der Waals surface area contributed by atoms with Crippen LogP contribution in [-0.4, -0.2) is 9.67 Å². The lowest BCUT2D eigenvalue weighted by atomic mass is 10.1. The van der Waals surface area contributed by atoms with E-state index in [4.69, 9.17) is 23.2 Å². The highest BCUT2D eigenvalue weighted by Crippen LogP contribution is 2.28. The topological polar surface area (TPSA) is 25.2 Å². The summed E-state index contributed by atoms with van der Waals surface area (Å²) >= 11 is 12.3. The van der Waals surface area contributed by atoms with Crippen LogP contribution in [0.3, 0.4) is 0 Å². The van der Waals surface area contributed by atoms with Crippen LogP contribution < -0.4 is 0 Å². The molecule has 0 amide bonds. The minimum absolute atomic E-state index is 0.0185. The molecule has 0 aliphatic rings. The molecular weight excluding hydrogens is 293 g/mol. The Labute approximate surface area is 127 Å². The van der Waals surface area contributed by atoms with E-state index in [1.54, 1.807) is 6.07 Å². The van der Waals surface area contributed by atoms with E-state index >= 15 is 0 Å².